The summed E-state index contributed by atoms with van der Waals surface area (Å²) in [5, 5.41) is 2.72. The van der Waals surface area contributed by atoms with Gasteiger partial charge in [-0.1, -0.05) is 25.1 Å². The summed E-state index contributed by atoms with van der Waals surface area (Å²) in [4.78, 5) is 11.8. The molecule has 0 saturated heterocycles. The Balaban J connectivity index is 1.69. The number of benzene rings is 2. The first-order valence-electron chi connectivity index (χ1n) is 8.62. The van der Waals surface area contributed by atoms with Gasteiger partial charge in [0.25, 0.3) is 15.9 Å². The normalized spacial score (nSPS) is 13.3. The highest BCUT2D eigenvalue weighted by atomic mass is 32.2. The van der Waals surface area contributed by atoms with Gasteiger partial charge in [0.1, 0.15) is 5.75 Å². The van der Waals surface area contributed by atoms with E-state index in [0.29, 0.717) is 25.3 Å². The number of hydrogen-bond donors (Lipinski definition) is 1. The van der Waals surface area contributed by atoms with Gasteiger partial charge in [-0.05, 0) is 48.7 Å². The molecule has 1 aliphatic rings. The second-order valence-corrected chi connectivity index (χ2v) is 7.93. The molecule has 1 amide bonds. The van der Waals surface area contributed by atoms with E-state index in [1.165, 1.54) is 16.4 Å². The van der Waals surface area contributed by atoms with E-state index >= 15 is 0 Å². The summed E-state index contributed by atoms with van der Waals surface area (Å²) in [6.45, 7) is 2.93. The van der Waals surface area contributed by atoms with E-state index in [1.807, 2.05) is 31.2 Å². The maximum Gasteiger partial charge on any atom is 0.264 e. The predicted molar refractivity (Wildman–Crippen MR) is 99.9 cm³/mol. The molecule has 0 bridgehead atoms. The zero-order valence-corrected chi connectivity index (χ0v) is 15.5. The molecule has 1 heterocycles. The van der Waals surface area contributed by atoms with Crippen LogP contribution in [-0.4, -0.2) is 34.0 Å². The van der Waals surface area contributed by atoms with Crippen LogP contribution in [0.4, 0.5) is 5.69 Å². The molecule has 3 rings (SSSR count). The highest BCUT2D eigenvalue weighted by Gasteiger charge is 2.30. The van der Waals surface area contributed by atoms with E-state index in [4.69, 9.17) is 4.74 Å². The summed E-state index contributed by atoms with van der Waals surface area (Å²) in [6, 6.07) is 13.7. The van der Waals surface area contributed by atoms with Gasteiger partial charge in [-0.25, -0.2) is 8.42 Å². The van der Waals surface area contributed by atoms with Crippen molar-refractivity contribution in [1.82, 2.24) is 5.32 Å². The molecule has 138 valence electrons. The number of nitrogens with zero attached hydrogens (tertiary/aromatic N) is 1. The third-order valence-electron chi connectivity index (χ3n) is 4.20. The second-order valence-electron chi connectivity index (χ2n) is 6.07. The lowest BCUT2D eigenvalue weighted by Crippen LogP contribution is -2.29. The van der Waals surface area contributed by atoms with Crippen LogP contribution in [0.3, 0.4) is 0 Å². The van der Waals surface area contributed by atoms with Crippen LogP contribution in [-0.2, 0) is 21.2 Å². The van der Waals surface area contributed by atoms with Crippen LogP contribution in [0.2, 0.25) is 0 Å². The largest absolute Gasteiger partial charge is 0.484 e. The van der Waals surface area contributed by atoms with Crippen molar-refractivity contribution < 1.29 is 17.9 Å². The van der Waals surface area contributed by atoms with Gasteiger partial charge in [0.2, 0.25) is 0 Å². The average molecular weight is 374 g/mol. The maximum atomic E-state index is 12.9. The van der Waals surface area contributed by atoms with Gasteiger partial charge in [0.15, 0.2) is 6.61 Å². The Bertz CT molecular complexity index is 879. The van der Waals surface area contributed by atoms with Gasteiger partial charge in [0, 0.05) is 13.1 Å². The molecular formula is C19H22N2O4S. The molecule has 0 saturated carbocycles. The first kappa shape index (κ1) is 18.3. The van der Waals surface area contributed by atoms with E-state index in [9.17, 15) is 13.2 Å². The molecule has 1 N–H and O–H groups in total. The van der Waals surface area contributed by atoms with Crippen LogP contribution in [0.15, 0.2) is 53.4 Å². The summed E-state index contributed by atoms with van der Waals surface area (Å²) in [7, 11) is -3.61. The maximum absolute atomic E-state index is 12.9. The number of rotatable bonds is 7. The standard InChI is InChI=1S/C19H22N2O4S/c1-2-12-20-19(22)14-25-16-7-9-17(10-8-16)26(23,24)21-13-11-15-5-3-4-6-18(15)21/h3-10H,2,11-14H2,1H3,(H,20,22). The molecular weight excluding hydrogens is 352 g/mol. The van der Waals surface area contributed by atoms with Crippen molar-refractivity contribution in [3.8, 4) is 5.75 Å². The molecule has 26 heavy (non-hydrogen) atoms. The first-order chi connectivity index (χ1) is 12.5. The van der Waals surface area contributed by atoms with Crippen LogP contribution in [0, 0.1) is 0 Å². The Morgan fingerprint density at radius 2 is 1.88 bits per heavy atom. The Labute approximate surface area is 153 Å². The molecule has 0 unspecified atom stereocenters. The van der Waals surface area contributed by atoms with Crippen molar-refractivity contribution in [3.63, 3.8) is 0 Å². The molecule has 0 fully saturated rings. The minimum Gasteiger partial charge on any atom is -0.484 e. The first-order valence-corrected chi connectivity index (χ1v) is 10.1. The van der Waals surface area contributed by atoms with Crippen molar-refractivity contribution in [1.29, 1.82) is 0 Å². The minimum atomic E-state index is -3.61. The summed E-state index contributed by atoms with van der Waals surface area (Å²) in [5.41, 5.74) is 1.77. The third kappa shape index (κ3) is 3.83. The number of carbonyl (C=O) groups is 1. The predicted octanol–water partition coefficient (Wildman–Crippen LogP) is 2.34. The van der Waals surface area contributed by atoms with Gasteiger partial charge in [-0.15, -0.1) is 0 Å². The lowest BCUT2D eigenvalue weighted by atomic mass is 10.2. The Kier molecular flexibility index (Phi) is 5.46. The van der Waals surface area contributed by atoms with Crippen LogP contribution < -0.4 is 14.4 Å². The summed E-state index contributed by atoms with van der Waals surface area (Å²) >= 11 is 0. The van der Waals surface area contributed by atoms with Crippen molar-refractivity contribution >= 4 is 21.6 Å². The monoisotopic (exact) mass is 374 g/mol. The molecule has 1 aliphatic heterocycles. The smallest absolute Gasteiger partial charge is 0.264 e. The highest BCUT2D eigenvalue weighted by Crippen LogP contribution is 2.32. The molecule has 7 heteroatoms. The van der Waals surface area contributed by atoms with Crippen LogP contribution in [0.1, 0.15) is 18.9 Å². The van der Waals surface area contributed by atoms with Gasteiger partial charge in [0.05, 0.1) is 10.6 Å². The molecule has 0 spiro atoms. The molecule has 2 aromatic carbocycles. The third-order valence-corrected chi connectivity index (χ3v) is 6.03. The number of sulfonamides is 1. The molecule has 2 aromatic rings. The van der Waals surface area contributed by atoms with Crippen molar-refractivity contribution in [3.05, 3.63) is 54.1 Å². The van der Waals surface area contributed by atoms with Gasteiger partial charge >= 0.3 is 0 Å². The molecule has 6 nitrogen and oxygen atoms in total. The summed E-state index contributed by atoms with van der Waals surface area (Å²) < 4.78 is 32.7. The van der Waals surface area contributed by atoms with E-state index < -0.39 is 10.0 Å². The van der Waals surface area contributed by atoms with Crippen LogP contribution in [0.25, 0.3) is 0 Å². The van der Waals surface area contributed by atoms with Crippen LogP contribution in [0.5, 0.6) is 5.75 Å². The fourth-order valence-electron chi connectivity index (χ4n) is 2.86. The number of fused-ring (bicyclic) bond motifs is 1. The molecule has 0 aromatic heterocycles. The quantitative estimate of drug-likeness (QED) is 0.807. The number of nitrogens with one attached hydrogen (secondary N) is 1. The Morgan fingerprint density at radius 3 is 2.62 bits per heavy atom. The highest BCUT2D eigenvalue weighted by molar-refractivity contribution is 7.92. The Morgan fingerprint density at radius 1 is 1.15 bits per heavy atom. The number of anilines is 1. The Hall–Kier alpha value is -2.54. The lowest BCUT2D eigenvalue weighted by molar-refractivity contribution is -0.123. The van der Waals surface area contributed by atoms with E-state index in [0.717, 1.165) is 17.7 Å². The van der Waals surface area contributed by atoms with E-state index in [2.05, 4.69) is 5.32 Å². The number of amides is 1. The topological polar surface area (TPSA) is 75.7 Å². The summed E-state index contributed by atoms with van der Waals surface area (Å²) in [6.07, 6.45) is 1.57. The van der Waals surface area contributed by atoms with Crippen molar-refractivity contribution in [2.45, 2.75) is 24.7 Å². The minimum absolute atomic E-state index is 0.0917. The van der Waals surface area contributed by atoms with Gasteiger partial charge < -0.3 is 10.1 Å². The van der Waals surface area contributed by atoms with E-state index in [-0.39, 0.29) is 17.4 Å². The van der Waals surface area contributed by atoms with Crippen molar-refractivity contribution in [2.75, 3.05) is 24.0 Å². The number of para-hydroxylation sites is 1. The number of ether oxygens (including phenoxy) is 1. The fraction of sp³-hybridized carbons (Fsp3) is 0.316. The molecule has 0 aliphatic carbocycles. The number of carbonyl (C=O) groups excluding carboxylic acids is 1. The molecule has 0 atom stereocenters. The van der Waals surface area contributed by atoms with Gasteiger partial charge in [-0.2, -0.15) is 0 Å². The fourth-order valence-corrected chi connectivity index (χ4v) is 4.36. The molecule has 0 radical (unpaired) electrons. The van der Waals surface area contributed by atoms with Gasteiger partial charge in [-0.3, -0.25) is 9.10 Å². The second kappa shape index (κ2) is 7.78. The van der Waals surface area contributed by atoms with Crippen molar-refractivity contribution in [2.24, 2.45) is 0 Å². The van der Waals surface area contributed by atoms with Crippen LogP contribution >= 0.6 is 0 Å². The average Bonchev–Trinajstić information content (AvgIpc) is 3.10. The summed E-state index contributed by atoms with van der Waals surface area (Å²) in [5.74, 6) is 0.259. The lowest BCUT2D eigenvalue weighted by Gasteiger charge is -2.19. The SMILES string of the molecule is CCCNC(=O)COc1ccc(S(=O)(=O)N2CCc3ccccc32)cc1. The number of hydrogen-bond acceptors (Lipinski definition) is 4. The zero-order valence-electron chi connectivity index (χ0n) is 14.6. The van der Waals surface area contributed by atoms with E-state index in [1.54, 1.807) is 12.1 Å². The zero-order chi connectivity index (χ0) is 18.6.